The van der Waals surface area contributed by atoms with Crippen molar-refractivity contribution in [2.24, 2.45) is 0 Å². The molecule has 0 spiro atoms. The molecule has 2 aromatic heterocycles. The summed E-state index contributed by atoms with van der Waals surface area (Å²) in [4.78, 5) is 0. The van der Waals surface area contributed by atoms with Crippen LogP contribution < -0.4 is 5.32 Å². The standard InChI is InChI=1S/C15H22N4O3S2/c1-12-2-3-14(22-12)15-13(11-17-18-15)10-16-4-9-24(20,21)19-5-7-23-8-6-19/h2-3,11,16H,4-10H2,1H3,(H,17,18). The molecule has 0 aromatic carbocycles. The number of aryl methyl sites for hydroxylation is 1. The maximum atomic E-state index is 12.3. The molecule has 9 heteroatoms. The van der Waals surface area contributed by atoms with Crippen LogP contribution in [-0.4, -0.2) is 59.8 Å². The first-order chi connectivity index (χ1) is 11.6. The topological polar surface area (TPSA) is 91.2 Å². The molecule has 0 unspecified atom stereocenters. The Bertz CT molecular complexity index is 763. The fourth-order valence-electron chi connectivity index (χ4n) is 2.61. The van der Waals surface area contributed by atoms with Crippen LogP contribution in [0.3, 0.4) is 0 Å². The predicted molar refractivity (Wildman–Crippen MR) is 95.4 cm³/mol. The summed E-state index contributed by atoms with van der Waals surface area (Å²) in [5, 5.41) is 10.2. The zero-order valence-electron chi connectivity index (χ0n) is 13.6. The third kappa shape index (κ3) is 4.21. The molecule has 1 fully saturated rings. The molecule has 1 saturated heterocycles. The van der Waals surface area contributed by atoms with Crippen molar-refractivity contribution in [1.29, 1.82) is 0 Å². The molecule has 2 aromatic rings. The van der Waals surface area contributed by atoms with Crippen LogP contribution in [-0.2, 0) is 16.6 Å². The Morgan fingerprint density at radius 3 is 2.88 bits per heavy atom. The minimum Gasteiger partial charge on any atom is -0.460 e. The second-order valence-corrected chi connectivity index (χ2v) is 9.00. The molecule has 0 saturated carbocycles. The van der Waals surface area contributed by atoms with E-state index in [1.165, 1.54) is 0 Å². The van der Waals surface area contributed by atoms with Gasteiger partial charge in [-0.15, -0.1) is 0 Å². The van der Waals surface area contributed by atoms with Crippen LogP contribution in [0.5, 0.6) is 0 Å². The fraction of sp³-hybridized carbons (Fsp3) is 0.533. The minimum atomic E-state index is -3.17. The van der Waals surface area contributed by atoms with Gasteiger partial charge < -0.3 is 9.73 Å². The Balaban J connectivity index is 1.51. The SMILES string of the molecule is Cc1ccc(-c2[nH]ncc2CNCCS(=O)(=O)N2CCSCC2)o1. The van der Waals surface area contributed by atoms with Crippen LogP contribution in [0.2, 0.25) is 0 Å². The van der Waals surface area contributed by atoms with Gasteiger partial charge in [-0.2, -0.15) is 16.9 Å². The van der Waals surface area contributed by atoms with Gasteiger partial charge >= 0.3 is 0 Å². The van der Waals surface area contributed by atoms with Crippen molar-refractivity contribution in [2.45, 2.75) is 13.5 Å². The lowest BCUT2D eigenvalue weighted by Gasteiger charge is -2.25. The summed E-state index contributed by atoms with van der Waals surface area (Å²) in [5.74, 6) is 3.45. The summed E-state index contributed by atoms with van der Waals surface area (Å²) < 4.78 is 31.8. The highest BCUT2D eigenvalue weighted by molar-refractivity contribution is 7.99. The number of hydrogen-bond acceptors (Lipinski definition) is 6. The molecule has 0 radical (unpaired) electrons. The van der Waals surface area contributed by atoms with E-state index in [1.54, 1.807) is 22.3 Å². The van der Waals surface area contributed by atoms with Crippen LogP contribution in [0.15, 0.2) is 22.7 Å². The maximum Gasteiger partial charge on any atom is 0.215 e. The number of nitrogens with zero attached hydrogens (tertiary/aromatic N) is 2. The van der Waals surface area contributed by atoms with Crippen molar-refractivity contribution in [3.05, 3.63) is 29.7 Å². The second kappa shape index (κ2) is 7.73. The molecule has 0 amide bonds. The van der Waals surface area contributed by atoms with Crippen LogP contribution in [0.1, 0.15) is 11.3 Å². The first kappa shape index (κ1) is 17.5. The average Bonchev–Trinajstić information content (AvgIpc) is 3.21. The Morgan fingerprint density at radius 1 is 1.38 bits per heavy atom. The fourth-order valence-corrected chi connectivity index (χ4v) is 5.14. The van der Waals surface area contributed by atoms with Gasteiger partial charge in [-0.1, -0.05) is 0 Å². The maximum absolute atomic E-state index is 12.3. The quantitative estimate of drug-likeness (QED) is 0.717. The van der Waals surface area contributed by atoms with E-state index < -0.39 is 10.0 Å². The van der Waals surface area contributed by atoms with Gasteiger partial charge in [-0.05, 0) is 19.1 Å². The van der Waals surface area contributed by atoms with E-state index in [1.807, 2.05) is 19.1 Å². The van der Waals surface area contributed by atoms with Gasteiger partial charge in [0.05, 0.1) is 11.9 Å². The third-order valence-electron chi connectivity index (χ3n) is 3.92. The van der Waals surface area contributed by atoms with Gasteiger partial charge in [0.2, 0.25) is 10.0 Å². The molecule has 3 heterocycles. The second-order valence-electron chi connectivity index (χ2n) is 5.68. The summed E-state index contributed by atoms with van der Waals surface area (Å²) in [6.07, 6.45) is 1.73. The number of sulfonamides is 1. The number of H-pyrrole nitrogens is 1. The van der Waals surface area contributed by atoms with E-state index in [0.717, 1.165) is 34.3 Å². The predicted octanol–water partition coefficient (Wildman–Crippen LogP) is 1.45. The van der Waals surface area contributed by atoms with E-state index in [0.29, 0.717) is 26.2 Å². The Hall–Kier alpha value is -1.29. The van der Waals surface area contributed by atoms with Gasteiger partial charge in [-0.25, -0.2) is 12.7 Å². The number of nitrogens with one attached hydrogen (secondary N) is 2. The summed E-state index contributed by atoms with van der Waals surface area (Å²) in [6, 6.07) is 3.79. The van der Waals surface area contributed by atoms with Crippen LogP contribution >= 0.6 is 11.8 Å². The van der Waals surface area contributed by atoms with Gasteiger partial charge in [0.1, 0.15) is 11.5 Å². The number of hydrogen-bond donors (Lipinski definition) is 2. The molecule has 2 N–H and O–H groups in total. The molecular formula is C15H22N4O3S2. The molecule has 132 valence electrons. The van der Waals surface area contributed by atoms with Gasteiger partial charge in [0, 0.05) is 43.2 Å². The number of furan rings is 1. The van der Waals surface area contributed by atoms with Crippen LogP contribution in [0.25, 0.3) is 11.5 Å². The lowest BCUT2D eigenvalue weighted by Crippen LogP contribution is -2.41. The first-order valence-corrected chi connectivity index (χ1v) is 10.7. The van der Waals surface area contributed by atoms with Crippen molar-refractivity contribution < 1.29 is 12.8 Å². The highest BCUT2D eigenvalue weighted by atomic mass is 32.2. The molecule has 24 heavy (non-hydrogen) atoms. The van der Waals surface area contributed by atoms with Crippen molar-refractivity contribution in [3.8, 4) is 11.5 Å². The smallest absolute Gasteiger partial charge is 0.215 e. The van der Waals surface area contributed by atoms with Gasteiger partial charge in [0.25, 0.3) is 0 Å². The summed E-state index contributed by atoms with van der Waals surface area (Å²) in [6.45, 7) is 4.08. The number of aromatic amines is 1. The van der Waals surface area contributed by atoms with Crippen LogP contribution in [0, 0.1) is 6.92 Å². The molecule has 0 bridgehead atoms. The summed E-state index contributed by atoms with van der Waals surface area (Å²) >= 11 is 1.80. The molecule has 0 atom stereocenters. The van der Waals surface area contributed by atoms with E-state index in [9.17, 15) is 8.42 Å². The van der Waals surface area contributed by atoms with Gasteiger partial charge in [-0.3, -0.25) is 5.10 Å². The Kier molecular flexibility index (Phi) is 5.65. The normalized spacial score (nSPS) is 16.5. The van der Waals surface area contributed by atoms with E-state index in [2.05, 4.69) is 15.5 Å². The minimum absolute atomic E-state index is 0.116. The third-order valence-corrected chi connectivity index (χ3v) is 6.73. The number of thioether (sulfide) groups is 1. The van der Waals surface area contributed by atoms with Gasteiger partial charge in [0.15, 0.2) is 5.76 Å². The Labute approximate surface area is 146 Å². The number of rotatable bonds is 7. The highest BCUT2D eigenvalue weighted by Gasteiger charge is 2.23. The molecule has 3 rings (SSSR count). The van der Waals surface area contributed by atoms with E-state index in [-0.39, 0.29) is 5.75 Å². The van der Waals surface area contributed by atoms with E-state index in [4.69, 9.17) is 4.42 Å². The molecule has 1 aliphatic heterocycles. The lowest BCUT2D eigenvalue weighted by molar-refractivity contribution is 0.442. The molecule has 0 aliphatic carbocycles. The highest BCUT2D eigenvalue weighted by Crippen LogP contribution is 2.23. The summed E-state index contributed by atoms with van der Waals surface area (Å²) in [7, 11) is -3.17. The molecule has 7 nitrogen and oxygen atoms in total. The summed E-state index contributed by atoms with van der Waals surface area (Å²) in [5.41, 5.74) is 1.78. The molecular weight excluding hydrogens is 348 g/mol. The monoisotopic (exact) mass is 370 g/mol. The van der Waals surface area contributed by atoms with Crippen molar-refractivity contribution in [2.75, 3.05) is 36.9 Å². The van der Waals surface area contributed by atoms with Crippen LogP contribution in [0.4, 0.5) is 0 Å². The largest absolute Gasteiger partial charge is 0.460 e. The average molecular weight is 371 g/mol. The van der Waals surface area contributed by atoms with E-state index >= 15 is 0 Å². The molecule has 1 aliphatic rings. The van der Waals surface area contributed by atoms with Crippen molar-refractivity contribution >= 4 is 21.8 Å². The number of aromatic nitrogens is 2. The zero-order chi connectivity index (χ0) is 17.0. The van der Waals surface area contributed by atoms with Crippen molar-refractivity contribution in [1.82, 2.24) is 19.8 Å². The zero-order valence-corrected chi connectivity index (χ0v) is 15.3. The van der Waals surface area contributed by atoms with Crippen molar-refractivity contribution in [3.63, 3.8) is 0 Å². The first-order valence-electron chi connectivity index (χ1n) is 7.91. The lowest BCUT2D eigenvalue weighted by atomic mass is 10.2. The Morgan fingerprint density at radius 2 is 2.17 bits per heavy atom.